The SMILES string of the molecule is CC[C@@](C)(c1ccccc1)[C@H](C)B1OC(C)(C)C(C)(C)O1. The van der Waals surface area contributed by atoms with E-state index in [1.807, 2.05) is 0 Å². The van der Waals surface area contributed by atoms with Gasteiger partial charge in [0.2, 0.25) is 0 Å². The summed E-state index contributed by atoms with van der Waals surface area (Å²) in [6.07, 6.45) is 1.06. The highest BCUT2D eigenvalue weighted by Crippen LogP contribution is 2.47. The Balaban J connectivity index is 2.28. The zero-order valence-electron chi connectivity index (χ0n) is 14.6. The van der Waals surface area contributed by atoms with Gasteiger partial charge in [-0.25, -0.2) is 0 Å². The Morgan fingerprint density at radius 1 is 1.05 bits per heavy atom. The van der Waals surface area contributed by atoms with Crippen LogP contribution in [-0.4, -0.2) is 18.3 Å². The van der Waals surface area contributed by atoms with Crippen molar-refractivity contribution in [3.8, 4) is 0 Å². The van der Waals surface area contributed by atoms with Gasteiger partial charge in [-0.2, -0.15) is 0 Å². The second-order valence-corrected chi connectivity index (χ2v) is 7.55. The summed E-state index contributed by atoms with van der Waals surface area (Å²) >= 11 is 0. The van der Waals surface area contributed by atoms with E-state index in [1.54, 1.807) is 0 Å². The number of rotatable bonds is 4. The molecule has 2 rings (SSSR count). The molecule has 0 radical (unpaired) electrons. The van der Waals surface area contributed by atoms with Gasteiger partial charge in [0.25, 0.3) is 0 Å². The topological polar surface area (TPSA) is 18.5 Å². The van der Waals surface area contributed by atoms with Gasteiger partial charge in [-0.05, 0) is 45.1 Å². The molecule has 0 spiro atoms. The van der Waals surface area contributed by atoms with Gasteiger partial charge in [0.05, 0.1) is 11.2 Å². The van der Waals surface area contributed by atoms with Crippen molar-refractivity contribution in [2.45, 2.75) is 77.3 Å². The van der Waals surface area contributed by atoms with Crippen molar-refractivity contribution in [3.05, 3.63) is 35.9 Å². The van der Waals surface area contributed by atoms with Gasteiger partial charge in [-0.3, -0.25) is 0 Å². The van der Waals surface area contributed by atoms with Crippen molar-refractivity contribution >= 4 is 7.12 Å². The molecule has 1 aromatic rings. The zero-order valence-corrected chi connectivity index (χ0v) is 14.6. The first kappa shape index (κ1) is 16.6. The summed E-state index contributed by atoms with van der Waals surface area (Å²) in [4.78, 5) is 0. The molecule has 2 nitrogen and oxygen atoms in total. The summed E-state index contributed by atoms with van der Waals surface area (Å²) in [5, 5.41) is 0. The van der Waals surface area contributed by atoms with Crippen LogP contribution in [0, 0.1) is 0 Å². The summed E-state index contributed by atoms with van der Waals surface area (Å²) in [6, 6.07) is 10.7. The van der Waals surface area contributed by atoms with Crippen LogP contribution in [-0.2, 0) is 14.7 Å². The maximum atomic E-state index is 6.27. The number of hydrogen-bond acceptors (Lipinski definition) is 2. The van der Waals surface area contributed by atoms with E-state index in [0.29, 0.717) is 0 Å². The zero-order chi connectivity index (χ0) is 15.9. The van der Waals surface area contributed by atoms with Crippen molar-refractivity contribution in [1.82, 2.24) is 0 Å². The summed E-state index contributed by atoms with van der Waals surface area (Å²) in [5.74, 6) is 0.283. The number of hydrogen-bond donors (Lipinski definition) is 0. The predicted molar refractivity (Wildman–Crippen MR) is 89.6 cm³/mol. The summed E-state index contributed by atoms with van der Waals surface area (Å²) in [5.41, 5.74) is 0.867. The van der Waals surface area contributed by atoms with Gasteiger partial charge in [0.15, 0.2) is 0 Å². The van der Waals surface area contributed by atoms with Crippen LogP contribution in [0.1, 0.15) is 60.5 Å². The van der Waals surface area contributed by atoms with Crippen molar-refractivity contribution in [2.24, 2.45) is 0 Å². The van der Waals surface area contributed by atoms with Crippen LogP contribution in [0.5, 0.6) is 0 Å². The Hall–Kier alpha value is -0.795. The molecule has 0 aliphatic carbocycles. The second-order valence-electron chi connectivity index (χ2n) is 7.55. The van der Waals surface area contributed by atoms with Gasteiger partial charge in [-0.1, -0.05) is 51.1 Å². The van der Waals surface area contributed by atoms with Crippen LogP contribution >= 0.6 is 0 Å². The molecule has 21 heavy (non-hydrogen) atoms. The van der Waals surface area contributed by atoms with Crippen LogP contribution in [0.4, 0.5) is 0 Å². The van der Waals surface area contributed by atoms with Crippen LogP contribution in [0.2, 0.25) is 5.82 Å². The summed E-state index contributed by atoms with van der Waals surface area (Å²) in [7, 11) is -0.167. The largest absolute Gasteiger partial charge is 0.461 e. The molecule has 0 saturated carbocycles. The molecule has 0 bridgehead atoms. The Morgan fingerprint density at radius 3 is 1.95 bits per heavy atom. The van der Waals surface area contributed by atoms with Crippen LogP contribution < -0.4 is 0 Å². The first-order valence-electron chi connectivity index (χ1n) is 8.05. The van der Waals surface area contributed by atoms with E-state index in [2.05, 4.69) is 78.8 Å². The molecule has 1 aromatic carbocycles. The molecule has 0 aromatic heterocycles. The maximum Gasteiger partial charge on any atom is 0.461 e. The Kier molecular flexibility index (Phi) is 4.29. The fraction of sp³-hybridized carbons (Fsp3) is 0.667. The lowest BCUT2D eigenvalue weighted by molar-refractivity contribution is 0.00578. The van der Waals surface area contributed by atoms with E-state index in [-0.39, 0.29) is 29.6 Å². The number of benzene rings is 1. The molecule has 1 aliphatic rings. The van der Waals surface area contributed by atoms with Crippen molar-refractivity contribution in [1.29, 1.82) is 0 Å². The van der Waals surface area contributed by atoms with E-state index < -0.39 is 0 Å². The normalized spacial score (nSPS) is 24.6. The summed E-state index contributed by atoms with van der Waals surface area (Å²) in [6.45, 7) is 15.3. The highest BCUT2D eigenvalue weighted by molar-refractivity contribution is 6.47. The molecule has 1 aliphatic heterocycles. The first-order chi connectivity index (χ1) is 9.64. The van der Waals surface area contributed by atoms with E-state index in [9.17, 15) is 0 Å². The van der Waals surface area contributed by atoms with E-state index in [1.165, 1.54) is 5.56 Å². The highest BCUT2D eigenvalue weighted by atomic mass is 16.7. The average Bonchev–Trinajstić information content (AvgIpc) is 2.66. The van der Waals surface area contributed by atoms with Crippen molar-refractivity contribution < 1.29 is 9.31 Å². The molecule has 0 unspecified atom stereocenters. The highest BCUT2D eigenvalue weighted by Gasteiger charge is 2.55. The first-order valence-corrected chi connectivity index (χ1v) is 8.05. The molecule has 3 heteroatoms. The van der Waals surface area contributed by atoms with Crippen molar-refractivity contribution in [3.63, 3.8) is 0 Å². The third-order valence-corrected chi connectivity index (χ3v) is 5.85. The minimum Gasteiger partial charge on any atom is -0.403 e. The molecule has 0 amide bonds. The van der Waals surface area contributed by atoms with Crippen molar-refractivity contribution in [2.75, 3.05) is 0 Å². The molecule has 1 fully saturated rings. The Bertz CT molecular complexity index is 467. The predicted octanol–water partition coefficient (Wildman–Crippen LogP) is 4.84. The smallest absolute Gasteiger partial charge is 0.403 e. The fourth-order valence-corrected chi connectivity index (χ4v) is 3.00. The van der Waals surface area contributed by atoms with Crippen LogP contribution in [0.15, 0.2) is 30.3 Å². The van der Waals surface area contributed by atoms with Crippen LogP contribution in [0.25, 0.3) is 0 Å². The molecule has 1 saturated heterocycles. The third-order valence-electron chi connectivity index (χ3n) is 5.85. The quantitative estimate of drug-likeness (QED) is 0.738. The van der Waals surface area contributed by atoms with Gasteiger partial charge < -0.3 is 9.31 Å². The Morgan fingerprint density at radius 2 is 1.52 bits per heavy atom. The van der Waals surface area contributed by atoms with Crippen LogP contribution in [0.3, 0.4) is 0 Å². The van der Waals surface area contributed by atoms with E-state index >= 15 is 0 Å². The third kappa shape index (κ3) is 2.78. The lowest BCUT2D eigenvalue weighted by Gasteiger charge is -2.36. The molecular weight excluding hydrogens is 259 g/mol. The molecule has 1 heterocycles. The monoisotopic (exact) mass is 288 g/mol. The molecule has 0 N–H and O–H groups in total. The maximum absolute atomic E-state index is 6.27. The van der Waals surface area contributed by atoms with Gasteiger partial charge in [-0.15, -0.1) is 0 Å². The molecular formula is C18H29BO2. The standard InChI is InChI=1S/C18H29BO2/c1-8-18(7,15-12-10-9-11-13-15)14(2)19-20-16(3,4)17(5,6)21-19/h9-14H,8H2,1-7H3/t14-,18+/m0/s1. The second kappa shape index (κ2) is 5.44. The Labute approximate surface area is 130 Å². The van der Waals surface area contributed by atoms with Gasteiger partial charge >= 0.3 is 7.12 Å². The van der Waals surface area contributed by atoms with E-state index in [4.69, 9.17) is 9.31 Å². The molecule has 2 atom stereocenters. The summed E-state index contributed by atoms with van der Waals surface area (Å²) < 4.78 is 12.5. The lowest BCUT2D eigenvalue weighted by Crippen LogP contribution is -2.41. The van der Waals surface area contributed by atoms with E-state index in [0.717, 1.165) is 6.42 Å². The van der Waals surface area contributed by atoms with Gasteiger partial charge in [0.1, 0.15) is 0 Å². The minimum atomic E-state index is -0.267. The average molecular weight is 288 g/mol. The minimum absolute atomic E-state index is 0.0441. The lowest BCUT2D eigenvalue weighted by atomic mass is 9.55. The fourth-order valence-electron chi connectivity index (χ4n) is 3.00. The molecule has 116 valence electrons. The van der Waals surface area contributed by atoms with Gasteiger partial charge in [0, 0.05) is 5.82 Å².